The highest BCUT2D eigenvalue weighted by Crippen LogP contribution is 2.49. The minimum atomic E-state index is -0.377. The predicted molar refractivity (Wildman–Crippen MR) is 105 cm³/mol. The zero-order valence-corrected chi connectivity index (χ0v) is 17.2. The third-order valence-electron chi connectivity index (χ3n) is 6.23. The topological polar surface area (TPSA) is 71.3 Å². The molecule has 1 spiro atoms. The Kier molecular flexibility index (Phi) is 4.67. The third-order valence-corrected chi connectivity index (χ3v) is 6.23. The quantitative estimate of drug-likeness (QED) is 0.791. The lowest BCUT2D eigenvalue weighted by Crippen LogP contribution is -2.61. The molecule has 1 aromatic carbocycles. The van der Waals surface area contributed by atoms with Crippen molar-refractivity contribution in [3.63, 3.8) is 0 Å². The number of aryl methyl sites for hydroxylation is 2. The molecule has 4 rings (SSSR count). The van der Waals surface area contributed by atoms with E-state index in [0.717, 1.165) is 5.82 Å². The summed E-state index contributed by atoms with van der Waals surface area (Å²) in [4.78, 5) is 29.1. The van der Waals surface area contributed by atoms with Gasteiger partial charge in [-0.25, -0.2) is 4.39 Å². The van der Waals surface area contributed by atoms with E-state index in [9.17, 15) is 14.0 Å². The molecule has 3 heterocycles. The molecular weight excluding hydrogens is 373 g/mol. The molecule has 2 aliphatic rings. The van der Waals surface area contributed by atoms with Gasteiger partial charge in [-0.3, -0.25) is 9.59 Å². The minimum Gasteiger partial charge on any atom is -0.341 e. The summed E-state index contributed by atoms with van der Waals surface area (Å²) >= 11 is 0. The average molecular weight is 399 g/mol. The summed E-state index contributed by atoms with van der Waals surface area (Å²) in [5.74, 6) is 0.310. The Morgan fingerprint density at radius 3 is 2.48 bits per heavy atom. The number of amides is 2. The molecule has 2 amide bonds. The van der Waals surface area contributed by atoms with Crippen molar-refractivity contribution in [3.8, 4) is 0 Å². The number of aromatic nitrogens is 3. The van der Waals surface area contributed by atoms with Crippen molar-refractivity contribution in [2.45, 2.75) is 26.7 Å². The molecule has 2 aromatic rings. The molecule has 2 fully saturated rings. The Morgan fingerprint density at radius 2 is 1.90 bits per heavy atom. The summed E-state index contributed by atoms with van der Waals surface area (Å²) in [7, 11) is 1.90. The monoisotopic (exact) mass is 399 g/mol. The highest BCUT2D eigenvalue weighted by atomic mass is 19.1. The Bertz CT molecular complexity index is 964. The molecule has 7 nitrogen and oxygen atoms in total. The predicted octanol–water partition coefficient (Wildman–Crippen LogP) is 1.99. The van der Waals surface area contributed by atoms with Crippen LogP contribution in [0, 0.1) is 24.1 Å². The first kappa shape index (κ1) is 19.5. The van der Waals surface area contributed by atoms with Gasteiger partial charge in [-0.1, -0.05) is 19.9 Å². The van der Waals surface area contributed by atoms with Crippen molar-refractivity contribution in [1.82, 2.24) is 24.6 Å². The SMILES string of the molecule is Cc1ccc(C(=O)N2CC3(C2)CN(C(=O)C(C)C)CC3c2nncn2C)cc1F. The molecule has 8 heteroatoms. The van der Waals surface area contributed by atoms with E-state index in [1.807, 2.05) is 30.4 Å². The van der Waals surface area contributed by atoms with Crippen LogP contribution in [0.3, 0.4) is 0 Å². The molecule has 2 aliphatic heterocycles. The second kappa shape index (κ2) is 6.93. The second-order valence-corrected chi connectivity index (χ2v) is 8.71. The van der Waals surface area contributed by atoms with Crippen LogP contribution < -0.4 is 0 Å². The lowest BCUT2D eigenvalue weighted by Gasteiger charge is -2.50. The first-order valence-electron chi connectivity index (χ1n) is 9.90. The Morgan fingerprint density at radius 1 is 1.21 bits per heavy atom. The van der Waals surface area contributed by atoms with Crippen molar-refractivity contribution in [2.24, 2.45) is 18.4 Å². The summed E-state index contributed by atoms with van der Waals surface area (Å²) in [5, 5.41) is 8.29. The average Bonchev–Trinajstić information content (AvgIpc) is 3.24. The number of carbonyl (C=O) groups excluding carboxylic acids is 2. The van der Waals surface area contributed by atoms with Crippen LogP contribution in [0.1, 0.15) is 41.5 Å². The molecule has 0 saturated carbocycles. The normalized spacial score (nSPS) is 20.4. The van der Waals surface area contributed by atoms with Gasteiger partial charge in [0.15, 0.2) is 0 Å². The number of nitrogens with zero attached hydrogens (tertiary/aromatic N) is 5. The number of hydrogen-bond donors (Lipinski definition) is 0. The Labute approximate surface area is 169 Å². The molecule has 1 atom stereocenters. The van der Waals surface area contributed by atoms with E-state index in [1.165, 1.54) is 6.07 Å². The van der Waals surface area contributed by atoms with Gasteiger partial charge in [0.05, 0.1) is 0 Å². The summed E-state index contributed by atoms with van der Waals surface area (Å²) in [6, 6.07) is 4.58. The van der Waals surface area contributed by atoms with E-state index in [1.54, 1.807) is 30.3 Å². The zero-order chi connectivity index (χ0) is 20.9. The molecule has 154 valence electrons. The zero-order valence-electron chi connectivity index (χ0n) is 17.2. The van der Waals surface area contributed by atoms with E-state index >= 15 is 0 Å². The maximum absolute atomic E-state index is 13.9. The van der Waals surface area contributed by atoms with Crippen LogP contribution in [-0.2, 0) is 11.8 Å². The summed E-state index contributed by atoms with van der Waals surface area (Å²) in [6.07, 6.45) is 1.66. The van der Waals surface area contributed by atoms with Gasteiger partial charge in [0.2, 0.25) is 5.91 Å². The number of halogens is 1. The molecule has 1 aromatic heterocycles. The smallest absolute Gasteiger partial charge is 0.253 e. The summed E-state index contributed by atoms with van der Waals surface area (Å²) in [5.41, 5.74) is 0.624. The molecule has 0 radical (unpaired) electrons. The minimum absolute atomic E-state index is 0.0107. The standard InChI is InChI=1S/C21H26FN5O2/c1-13(2)19(28)26-8-16(18-24-23-12-25(18)4)21(9-26)10-27(11-21)20(29)15-6-5-14(3)17(22)7-15/h5-7,12-13,16H,8-11H2,1-4H3. The number of hydrogen-bond acceptors (Lipinski definition) is 4. The van der Waals surface area contributed by atoms with Gasteiger partial charge in [-0.15, -0.1) is 10.2 Å². The maximum Gasteiger partial charge on any atom is 0.253 e. The van der Waals surface area contributed by atoms with Crippen molar-refractivity contribution in [1.29, 1.82) is 0 Å². The summed E-state index contributed by atoms with van der Waals surface area (Å²) < 4.78 is 15.8. The highest BCUT2D eigenvalue weighted by molar-refractivity contribution is 5.95. The van der Waals surface area contributed by atoms with Crippen LogP contribution in [0.25, 0.3) is 0 Å². The second-order valence-electron chi connectivity index (χ2n) is 8.71. The Balaban J connectivity index is 1.57. The maximum atomic E-state index is 13.9. The molecule has 1 unspecified atom stereocenters. The fraction of sp³-hybridized carbons (Fsp3) is 0.524. The van der Waals surface area contributed by atoms with Crippen LogP contribution in [-0.4, -0.2) is 62.6 Å². The van der Waals surface area contributed by atoms with Crippen molar-refractivity contribution in [3.05, 3.63) is 47.3 Å². The molecule has 0 N–H and O–H groups in total. The van der Waals surface area contributed by atoms with Crippen LogP contribution in [0.2, 0.25) is 0 Å². The number of carbonyl (C=O) groups is 2. The number of benzene rings is 1. The molecule has 2 saturated heterocycles. The lowest BCUT2D eigenvalue weighted by atomic mass is 9.71. The highest BCUT2D eigenvalue weighted by Gasteiger charge is 2.58. The third kappa shape index (κ3) is 3.20. The van der Waals surface area contributed by atoms with Crippen LogP contribution in [0.4, 0.5) is 4.39 Å². The van der Waals surface area contributed by atoms with Gasteiger partial charge in [0.25, 0.3) is 5.91 Å². The molecular formula is C21H26FN5O2. The number of likely N-dealkylation sites (tertiary alicyclic amines) is 2. The first-order chi connectivity index (χ1) is 13.7. The molecule has 0 bridgehead atoms. The Hall–Kier alpha value is -2.77. The van der Waals surface area contributed by atoms with E-state index in [0.29, 0.717) is 37.3 Å². The van der Waals surface area contributed by atoms with Gasteiger partial charge in [-0.05, 0) is 24.6 Å². The summed E-state index contributed by atoms with van der Waals surface area (Å²) in [6.45, 7) is 7.66. The van der Waals surface area contributed by atoms with E-state index in [-0.39, 0.29) is 34.9 Å². The van der Waals surface area contributed by atoms with Gasteiger partial charge in [-0.2, -0.15) is 0 Å². The molecule has 29 heavy (non-hydrogen) atoms. The largest absolute Gasteiger partial charge is 0.341 e. The molecule has 0 aliphatic carbocycles. The fourth-order valence-corrected chi connectivity index (χ4v) is 4.55. The fourth-order valence-electron chi connectivity index (χ4n) is 4.55. The van der Waals surface area contributed by atoms with Crippen LogP contribution in [0.15, 0.2) is 24.5 Å². The van der Waals surface area contributed by atoms with Crippen molar-refractivity contribution < 1.29 is 14.0 Å². The van der Waals surface area contributed by atoms with E-state index in [2.05, 4.69) is 10.2 Å². The van der Waals surface area contributed by atoms with Gasteiger partial charge in [0.1, 0.15) is 18.0 Å². The van der Waals surface area contributed by atoms with Gasteiger partial charge >= 0.3 is 0 Å². The van der Waals surface area contributed by atoms with Crippen LogP contribution >= 0.6 is 0 Å². The number of rotatable bonds is 3. The van der Waals surface area contributed by atoms with E-state index < -0.39 is 0 Å². The van der Waals surface area contributed by atoms with Gasteiger partial charge in [0, 0.05) is 56.0 Å². The van der Waals surface area contributed by atoms with Crippen LogP contribution in [0.5, 0.6) is 0 Å². The van der Waals surface area contributed by atoms with Crippen molar-refractivity contribution >= 4 is 11.8 Å². The first-order valence-corrected chi connectivity index (χ1v) is 9.90. The van der Waals surface area contributed by atoms with E-state index in [4.69, 9.17) is 0 Å². The lowest BCUT2D eigenvalue weighted by molar-refractivity contribution is -0.134. The van der Waals surface area contributed by atoms with Gasteiger partial charge < -0.3 is 14.4 Å². The van der Waals surface area contributed by atoms with Crippen molar-refractivity contribution in [2.75, 3.05) is 26.2 Å².